The molecule has 0 aliphatic heterocycles. The first-order valence-electron chi connectivity index (χ1n) is 10.3. The van der Waals surface area contributed by atoms with Crippen LogP contribution in [0, 0.1) is 20.8 Å². The molecule has 2 heterocycles. The monoisotopic (exact) mass is 419 g/mol. The molecule has 0 fully saturated rings. The van der Waals surface area contributed by atoms with Gasteiger partial charge in [0.25, 0.3) is 0 Å². The van der Waals surface area contributed by atoms with Crippen molar-refractivity contribution in [3.8, 4) is 0 Å². The van der Waals surface area contributed by atoms with Crippen LogP contribution in [-0.4, -0.2) is 17.6 Å². The normalized spacial score (nSPS) is 11.4. The number of nitrogens with one attached hydrogen (secondary N) is 1. The Morgan fingerprint density at radius 3 is 2.32 bits per heavy atom. The third-order valence-electron chi connectivity index (χ3n) is 5.82. The molecule has 160 valence electrons. The van der Waals surface area contributed by atoms with Crippen molar-refractivity contribution in [3.63, 3.8) is 0 Å². The number of amides is 1. The van der Waals surface area contributed by atoms with E-state index >= 15 is 0 Å². The number of hydrogen-bond acceptors (Lipinski definition) is 5. The molecule has 31 heavy (non-hydrogen) atoms. The Labute approximate surface area is 179 Å². The summed E-state index contributed by atoms with van der Waals surface area (Å²) >= 11 is 0. The second-order valence-corrected chi connectivity index (χ2v) is 7.84. The van der Waals surface area contributed by atoms with Gasteiger partial charge in [-0.25, -0.2) is 4.79 Å². The van der Waals surface area contributed by atoms with E-state index in [1.165, 1.54) is 0 Å². The van der Waals surface area contributed by atoms with Crippen LogP contribution in [-0.2, 0) is 17.6 Å². The van der Waals surface area contributed by atoms with Crippen LogP contribution in [0.2, 0.25) is 0 Å². The molecule has 0 unspecified atom stereocenters. The van der Waals surface area contributed by atoms with E-state index in [1.807, 2.05) is 39.0 Å². The number of carbonyl (C=O) groups is 1. The standard InChI is InChI=1S/C25H25NO5/c1-14-16(3)30-22-13-23-21(12-20(14)22)15(2)19(25(29)31-23)8-9-24(28)26-18-6-4-17(5-7-18)10-11-27/h4-7,12-13,27H,8-11H2,1-3H3,(H,26,28). The number of furan rings is 1. The summed E-state index contributed by atoms with van der Waals surface area (Å²) in [5.41, 5.74) is 4.84. The molecule has 0 atom stereocenters. The minimum atomic E-state index is -0.425. The van der Waals surface area contributed by atoms with Gasteiger partial charge < -0.3 is 19.3 Å². The lowest BCUT2D eigenvalue weighted by Crippen LogP contribution is -2.16. The van der Waals surface area contributed by atoms with Gasteiger partial charge in [0.15, 0.2) is 0 Å². The van der Waals surface area contributed by atoms with Gasteiger partial charge in [0.2, 0.25) is 5.91 Å². The molecule has 2 N–H and O–H groups in total. The van der Waals surface area contributed by atoms with E-state index in [-0.39, 0.29) is 18.9 Å². The molecular weight excluding hydrogens is 394 g/mol. The predicted molar refractivity (Wildman–Crippen MR) is 121 cm³/mol. The number of carbonyl (C=O) groups excluding carboxylic acids is 1. The minimum absolute atomic E-state index is 0.0880. The lowest BCUT2D eigenvalue weighted by molar-refractivity contribution is -0.116. The molecule has 4 aromatic rings. The van der Waals surface area contributed by atoms with Crippen LogP contribution in [0.4, 0.5) is 5.69 Å². The van der Waals surface area contributed by atoms with E-state index in [9.17, 15) is 9.59 Å². The van der Waals surface area contributed by atoms with E-state index in [0.29, 0.717) is 35.3 Å². The van der Waals surface area contributed by atoms with Gasteiger partial charge in [-0.1, -0.05) is 12.1 Å². The highest BCUT2D eigenvalue weighted by Gasteiger charge is 2.16. The van der Waals surface area contributed by atoms with E-state index < -0.39 is 5.63 Å². The van der Waals surface area contributed by atoms with Crippen molar-refractivity contribution in [2.75, 3.05) is 11.9 Å². The molecule has 0 saturated carbocycles. The van der Waals surface area contributed by atoms with Crippen molar-refractivity contribution in [2.45, 2.75) is 40.0 Å². The molecule has 0 radical (unpaired) electrons. The summed E-state index contributed by atoms with van der Waals surface area (Å²) in [6, 6.07) is 11.1. The maximum absolute atomic E-state index is 12.6. The molecule has 0 aliphatic carbocycles. The second-order valence-electron chi connectivity index (χ2n) is 7.84. The highest BCUT2D eigenvalue weighted by atomic mass is 16.4. The zero-order valence-electron chi connectivity index (χ0n) is 17.9. The Balaban J connectivity index is 1.54. The van der Waals surface area contributed by atoms with Gasteiger partial charge in [0.05, 0.1) is 0 Å². The van der Waals surface area contributed by atoms with Crippen LogP contribution >= 0.6 is 0 Å². The molecule has 0 spiro atoms. The van der Waals surface area contributed by atoms with Crippen molar-refractivity contribution in [1.29, 1.82) is 0 Å². The summed E-state index contributed by atoms with van der Waals surface area (Å²) in [6.07, 6.45) is 1.04. The Hall–Kier alpha value is -3.38. The Morgan fingerprint density at radius 1 is 0.935 bits per heavy atom. The molecule has 0 saturated heterocycles. The smallest absolute Gasteiger partial charge is 0.339 e. The topological polar surface area (TPSA) is 92.7 Å². The highest BCUT2D eigenvalue weighted by molar-refractivity contribution is 5.97. The first-order valence-corrected chi connectivity index (χ1v) is 10.3. The molecule has 6 heteroatoms. The summed E-state index contributed by atoms with van der Waals surface area (Å²) in [5.74, 6) is 0.664. The summed E-state index contributed by atoms with van der Waals surface area (Å²) in [7, 11) is 0. The van der Waals surface area contributed by atoms with E-state index in [1.54, 1.807) is 18.2 Å². The first kappa shape index (κ1) is 20.9. The third-order valence-corrected chi connectivity index (χ3v) is 5.82. The van der Waals surface area contributed by atoms with Crippen molar-refractivity contribution < 1.29 is 18.7 Å². The van der Waals surface area contributed by atoms with Crippen LogP contribution in [0.25, 0.3) is 21.9 Å². The Bertz CT molecular complexity index is 1330. The second kappa shape index (κ2) is 8.40. The molecule has 2 aromatic heterocycles. The zero-order valence-corrected chi connectivity index (χ0v) is 17.9. The number of anilines is 1. The molecule has 1 amide bonds. The first-order chi connectivity index (χ1) is 14.9. The summed E-state index contributed by atoms with van der Waals surface area (Å²) < 4.78 is 11.3. The van der Waals surface area contributed by atoms with Gasteiger partial charge in [-0.2, -0.15) is 0 Å². The summed E-state index contributed by atoms with van der Waals surface area (Å²) in [5, 5.41) is 13.7. The number of aliphatic hydroxyl groups is 1. The number of hydrogen-bond donors (Lipinski definition) is 2. The van der Waals surface area contributed by atoms with Crippen molar-refractivity contribution in [2.24, 2.45) is 0 Å². The Kier molecular flexibility index (Phi) is 5.65. The van der Waals surface area contributed by atoms with Crippen LogP contribution in [0.3, 0.4) is 0 Å². The molecule has 6 nitrogen and oxygen atoms in total. The van der Waals surface area contributed by atoms with Gasteiger partial charge in [0.1, 0.15) is 16.9 Å². The summed E-state index contributed by atoms with van der Waals surface area (Å²) in [4.78, 5) is 25.0. The fraction of sp³-hybridized carbons (Fsp3) is 0.280. The van der Waals surface area contributed by atoms with E-state index in [2.05, 4.69) is 5.32 Å². The maximum atomic E-state index is 12.6. The average molecular weight is 419 g/mol. The Morgan fingerprint density at radius 2 is 1.61 bits per heavy atom. The fourth-order valence-electron chi connectivity index (χ4n) is 3.86. The molecule has 0 aliphatic rings. The number of aliphatic hydroxyl groups excluding tert-OH is 1. The molecule has 0 bridgehead atoms. The highest BCUT2D eigenvalue weighted by Crippen LogP contribution is 2.31. The molecular formula is C25H25NO5. The molecule has 4 rings (SSSR count). The van der Waals surface area contributed by atoms with Gasteiger partial charge >= 0.3 is 5.63 Å². The molecule has 2 aromatic carbocycles. The van der Waals surface area contributed by atoms with E-state index in [0.717, 1.165) is 33.2 Å². The maximum Gasteiger partial charge on any atom is 0.339 e. The average Bonchev–Trinajstić information content (AvgIpc) is 3.01. The van der Waals surface area contributed by atoms with Crippen molar-refractivity contribution in [3.05, 3.63) is 74.8 Å². The predicted octanol–water partition coefficient (Wildman–Crippen LogP) is 4.57. The van der Waals surface area contributed by atoms with Crippen LogP contribution < -0.4 is 10.9 Å². The number of benzene rings is 2. The van der Waals surface area contributed by atoms with Crippen LogP contribution in [0.1, 0.15) is 34.4 Å². The van der Waals surface area contributed by atoms with Gasteiger partial charge in [-0.3, -0.25) is 4.79 Å². The van der Waals surface area contributed by atoms with Crippen LogP contribution in [0.5, 0.6) is 0 Å². The van der Waals surface area contributed by atoms with Gasteiger partial charge in [0, 0.05) is 41.1 Å². The number of rotatable bonds is 6. The summed E-state index contributed by atoms with van der Waals surface area (Å²) in [6.45, 7) is 5.89. The third kappa shape index (κ3) is 4.11. The fourth-order valence-corrected chi connectivity index (χ4v) is 3.86. The number of aryl methyl sites for hydroxylation is 3. The zero-order chi connectivity index (χ0) is 22.1. The van der Waals surface area contributed by atoms with Gasteiger partial charge in [-0.05, 0) is 68.5 Å². The SMILES string of the molecule is Cc1oc2cc3oc(=O)c(CCC(=O)Nc4ccc(CCO)cc4)c(C)c3cc2c1C. The largest absolute Gasteiger partial charge is 0.461 e. The quantitative estimate of drug-likeness (QED) is 0.447. The van der Waals surface area contributed by atoms with Crippen molar-refractivity contribution >= 4 is 33.5 Å². The van der Waals surface area contributed by atoms with Crippen LogP contribution in [0.15, 0.2) is 50.0 Å². The minimum Gasteiger partial charge on any atom is -0.461 e. The number of fused-ring (bicyclic) bond motifs is 2. The van der Waals surface area contributed by atoms with Gasteiger partial charge in [-0.15, -0.1) is 0 Å². The van der Waals surface area contributed by atoms with E-state index in [4.69, 9.17) is 13.9 Å². The lowest BCUT2D eigenvalue weighted by atomic mass is 10.0. The lowest BCUT2D eigenvalue weighted by Gasteiger charge is -2.09. The van der Waals surface area contributed by atoms with Crippen molar-refractivity contribution in [1.82, 2.24) is 0 Å².